The third kappa shape index (κ3) is 2.92. The van der Waals surface area contributed by atoms with Crippen molar-refractivity contribution in [3.8, 4) is 0 Å². The van der Waals surface area contributed by atoms with E-state index in [1.807, 2.05) is 0 Å². The van der Waals surface area contributed by atoms with Gasteiger partial charge in [0.15, 0.2) is 0 Å². The third-order valence-electron chi connectivity index (χ3n) is 2.49. The number of carboxylic acids is 1. The lowest BCUT2D eigenvalue weighted by Gasteiger charge is -2.07. The Morgan fingerprint density at radius 2 is 2.00 bits per heavy atom. The first kappa shape index (κ1) is 12.7. The van der Waals surface area contributed by atoms with E-state index in [1.54, 1.807) is 25.3 Å². The average Bonchev–Trinajstić information content (AvgIpc) is 2.39. The molecule has 2 aromatic heterocycles. The predicted molar refractivity (Wildman–Crippen MR) is 68.1 cm³/mol. The number of carboxylic acid groups (broad SMARTS) is 1. The molecular weight excluding hydrogens is 246 g/mol. The van der Waals surface area contributed by atoms with E-state index in [2.05, 4.69) is 15.3 Å². The smallest absolute Gasteiger partial charge is 0.354 e. The second-order valence-corrected chi connectivity index (χ2v) is 3.83. The number of hydrogen-bond donors (Lipinski definition) is 2. The molecule has 0 unspecified atom stereocenters. The summed E-state index contributed by atoms with van der Waals surface area (Å²) in [6.45, 7) is 1.73. The maximum atomic E-state index is 12.0. The van der Waals surface area contributed by atoms with Crippen molar-refractivity contribution >= 4 is 17.6 Å². The normalized spacial score (nSPS) is 9.95. The van der Waals surface area contributed by atoms with Crippen molar-refractivity contribution in [3.05, 3.63) is 53.6 Å². The van der Waals surface area contributed by atoms with Crippen molar-refractivity contribution in [2.45, 2.75) is 6.92 Å². The van der Waals surface area contributed by atoms with Crippen LogP contribution in [0.15, 0.2) is 36.7 Å². The number of anilines is 1. The van der Waals surface area contributed by atoms with Gasteiger partial charge in [-0.3, -0.25) is 9.78 Å². The van der Waals surface area contributed by atoms with Gasteiger partial charge in [-0.05, 0) is 31.2 Å². The van der Waals surface area contributed by atoms with E-state index < -0.39 is 5.97 Å². The molecule has 0 aliphatic carbocycles. The molecule has 0 fully saturated rings. The number of amides is 1. The lowest BCUT2D eigenvalue weighted by Crippen LogP contribution is -2.14. The molecule has 96 valence electrons. The molecule has 0 saturated heterocycles. The molecule has 2 rings (SSSR count). The molecule has 0 atom stereocenters. The second kappa shape index (κ2) is 5.26. The van der Waals surface area contributed by atoms with Gasteiger partial charge in [-0.1, -0.05) is 0 Å². The highest BCUT2D eigenvalue weighted by atomic mass is 16.4. The number of aryl methyl sites for hydroxylation is 1. The van der Waals surface area contributed by atoms with Crippen molar-refractivity contribution in [2.24, 2.45) is 0 Å². The van der Waals surface area contributed by atoms with Crippen LogP contribution in [0, 0.1) is 6.92 Å². The highest BCUT2D eigenvalue weighted by molar-refractivity contribution is 6.05. The van der Waals surface area contributed by atoms with Crippen LogP contribution < -0.4 is 5.32 Å². The summed E-state index contributed by atoms with van der Waals surface area (Å²) in [5, 5.41) is 11.4. The van der Waals surface area contributed by atoms with E-state index in [1.165, 1.54) is 18.3 Å². The zero-order valence-corrected chi connectivity index (χ0v) is 10.1. The minimum atomic E-state index is -1.14. The van der Waals surface area contributed by atoms with E-state index in [-0.39, 0.29) is 11.6 Å². The van der Waals surface area contributed by atoms with Gasteiger partial charge in [0.2, 0.25) is 0 Å². The molecule has 2 aromatic rings. The molecule has 0 aromatic carbocycles. The molecule has 2 heterocycles. The molecule has 0 spiro atoms. The zero-order valence-electron chi connectivity index (χ0n) is 10.1. The summed E-state index contributed by atoms with van der Waals surface area (Å²) in [6, 6.07) is 6.14. The molecule has 0 radical (unpaired) electrons. The Morgan fingerprint density at radius 3 is 2.68 bits per heavy atom. The first-order chi connectivity index (χ1) is 9.08. The first-order valence-electron chi connectivity index (χ1n) is 5.50. The van der Waals surface area contributed by atoms with Crippen molar-refractivity contribution in [2.75, 3.05) is 5.32 Å². The Bertz CT molecular complexity index is 641. The monoisotopic (exact) mass is 257 g/mol. The minimum Gasteiger partial charge on any atom is -0.477 e. The van der Waals surface area contributed by atoms with Crippen molar-refractivity contribution in [1.82, 2.24) is 9.97 Å². The SMILES string of the molecule is Cc1ncccc1C(=O)Nc1ccnc(C(=O)O)c1. The van der Waals surface area contributed by atoms with Crippen LogP contribution in [0.3, 0.4) is 0 Å². The summed E-state index contributed by atoms with van der Waals surface area (Å²) in [6.07, 6.45) is 2.93. The van der Waals surface area contributed by atoms with Gasteiger partial charge >= 0.3 is 5.97 Å². The summed E-state index contributed by atoms with van der Waals surface area (Å²) in [4.78, 5) is 30.5. The van der Waals surface area contributed by atoms with Crippen molar-refractivity contribution in [1.29, 1.82) is 0 Å². The number of hydrogen-bond acceptors (Lipinski definition) is 4. The fourth-order valence-corrected chi connectivity index (χ4v) is 1.55. The molecule has 1 amide bonds. The molecule has 2 N–H and O–H groups in total. The van der Waals surface area contributed by atoms with Gasteiger partial charge in [0, 0.05) is 23.8 Å². The predicted octanol–water partition coefficient (Wildman–Crippen LogP) is 1.74. The van der Waals surface area contributed by atoms with Gasteiger partial charge in [0.1, 0.15) is 5.69 Å². The molecule has 6 nitrogen and oxygen atoms in total. The molecule has 0 aliphatic rings. The van der Waals surface area contributed by atoms with Gasteiger partial charge in [0.25, 0.3) is 5.91 Å². The minimum absolute atomic E-state index is 0.124. The lowest BCUT2D eigenvalue weighted by atomic mass is 10.2. The number of nitrogens with one attached hydrogen (secondary N) is 1. The summed E-state index contributed by atoms with van der Waals surface area (Å²) in [5.41, 5.74) is 1.30. The Labute approximate surface area is 109 Å². The summed E-state index contributed by atoms with van der Waals surface area (Å²) >= 11 is 0. The Morgan fingerprint density at radius 1 is 1.21 bits per heavy atom. The van der Waals surface area contributed by atoms with Crippen LogP contribution in [-0.4, -0.2) is 27.0 Å². The fourth-order valence-electron chi connectivity index (χ4n) is 1.55. The van der Waals surface area contributed by atoms with Crippen LogP contribution in [0.5, 0.6) is 0 Å². The molecule has 0 aliphatic heterocycles. The summed E-state index contributed by atoms with van der Waals surface area (Å²) in [5.74, 6) is -1.48. The molecule has 0 saturated carbocycles. The van der Waals surface area contributed by atoms with E-state index in [0.717, 1.165) is 0 Å². The van der Waals surface area contributed by atoms with Crippen molar-refractivity contribution in [3.63, 3.8) is 0 Å². The largest absolute Gasteiger partial charge is 0.477 e. The highest BCUT2D eigenvalue weighted by Gasteiger charge is 2.11. The van der Waals surface area contributed by atoms with Gasteiger partial charge in [-0.2, -0.15) is 0 Å². The molecule has 19 heavy (non-hydrogen) atoms. The number of rotatable bonds is 3. The van der Waals surface area contributed by atoms with Crippen LogP contribution in [0.1, 0.15) is 26.5 Å². The molecular formula is C13H11N3O3. The first-order valence-corrected chi connectivity index (χ1v) is 5.50. The van der Waals surface area contributed by atoms with Gasteiger partial charge < -0.3 is 10.4 Å². The van der Waals surface area contributed by atoms with Crippen LogP contribution >= 0.6 is 0 Å². The van der Waals surface area contributed by atoms with Crippen LogP contribution in [-0.2, 0) is 0 Å². The van der Waals surface area contributed by atoms with Crippen LogP contribution in [0.2, 0.25) is 0 Å². The number of aromatic carboxylic acids is 1. The summed E-state index contributed by atoms with van der Waals surface area (Å²) in [7, 11) is 0. The van der Waals surface area contributed by atoms with Gasteiger partial charge in [0.05, 0.1) is 5.56 Å². The van der Waals surface area contributed by atoms with E-state index in [0.29, 0.717) is 16.9 Å². The van der Waals surface area contributed by atoms with Crippen molar-refractivity contribution < 1.29 is 14.7 Å². The molecule has 6 heteroatoms. The number of carbonyl (C=O) groups excluding carboxylic acids is 1. The highest BCUT2D eigenvalue weighted by Crippen LogP contribution is 2.11. The standard InChI is InChI=1S/C13H11N3O3/c1-8-10(3-2-5-14-8)12(17)16-9-4-6-15-11(7-9)13(18)19/h2-7H,1H3,(H,18,19)(H,15,16,17). The number of aromatic nitrogens is 2. The number of carbonyl (C=O) groups is 2. The number of nitrogens with zero attached hydrogens (tertiary/aromatic N) is 2. The summed E-state index contributed by atoms with van der Waals surface area (Å²) < 4.78 is 0. The van der Waals surface area contributed by atoms with E-state index in [4.69, 9.17) is 5.11 Å². The Hall–Kier alpha value is -2.76. The fraction of sp³-hybridized carbons (Fsp3) is 0.0769. The maximum Gasteiger partial charge on any atom is 0.354 e. The maximum absolute atomic E-state index is 12.0. The third-order valence-corrected chi connectivity index (χ3v) is 2.49. The van der Waals surface area contributed by atoms with Gasteiger partial charge in [-0.25, -0.2) is 9.78 Å². The Kier molecular flexibility index (Phi) is 3.51. The van der Waals surface area contributed by atoms with Gasteiger partial charge in [-0.15, -0.1) is 0 Å². The quantitative estimate of drug-likeness (QED) is 0.873. The number of pyridine rings is 2. The topological polar surface area (TPSA) is 92.2 Å². The average molecular weight is 257 g/mol. The molecule has 0 bridgehead atoms. The van der Waals surface area contributed by atoms with Crippen LogP contribution in [0.4, 0.5) is 5.69 Å². The van der Waals surface area contributed by atoms with Crippen LogP contribution in [0.25, 0.3) is 0 Å². The Balaban J connectivity index is 2.22. The zero-order chi connectivity index (χ0) is 13.8. The van der Waals surface area contributed by atoms with E-state index >= 15 is 0 Å². The second-order valence-electron chi connectivity index (χ2n) is 3.83. The lowest BCUT2D eigenvalue weighted by molar-refractivity contribution is 0.0690. The van der Waals surface area contributed by atoms with E-state index in [9.17, 15) is 9.59 Å².